The average Bonchev–Trinajstić information content (AvgIpc) is 2.88. The van der Waals surface area contributed by atoms with Crippen molar-refractivity contribution >= 4 is 29.2 Å². The molecule has 1 aliphatic heterocycles. The number of aromatic nitrogens is 3. The van der Waals surface area contributed by atoms with Gasteiger partial charge in [-0.25, -0.2) is 14.8 Å². The molecule has 0 spiro atoms. The van der Waals surface area contributed by atoms with Crippen molar-refractivity contribution in [3.63, 3.8) is 0 Å². The minimum atomic E-state index is -0.535. The van der Waals surface area contributed by atoms with Gasteiger partial charge in [-0.05, 0) is 64.3 Å². The van der Waals surface area contributed by atoms with Gasteiger partial charge in [0, 0.05) is 38.0 Å². The molecule has 37 heavy (non-hydrogen) atoms. The first-order valence-electron chi connectivity index (χ1n) is 12.6. The van der Waals surface area contributed by atoms with Gasteiger partial charge in [0.2, 0.25) is 5.78 Å². The van der Waals surface area contributed by atoms with Gasteiger partial charge in [-0.2, -0.15) is 0 Å². The molecule has 1 fully saturated rings. The molecule has 9 nitrogen and oxygen atoms in total. The summed E-state index contributed by atoms with van der Waals surface area (Å²) in [5, 5.41) is 3.26. The van der Waals surface area contributed by atoms with Crippen LogP contribution in [0, 0.1) is 0 Å². The number of likely N-dealkylation sites (N-methyl/N-ethyl adjacent to an activating group) is 1. The third kappa shape index (κ3) is 6.81. The first-order valence-corrected chi connectivity index (χ1v) is 12.6. The fourth-order valence-electron chi connectivity index (χ4n) is 4.35. The van der Waals surface area contributed by atoms with Crippen molar-refractivity contribution in [3.05, 3.63) is 72.3 Å². The molecule has 1 amide bonds. The SMILES string of the molecule is CN(CC1CCCCN1C(=O)OC(C)(C)C)c1cc(Nc2ccccc2C(=O)c2ccccn2)ncn1. The van der Waals surface area contributed by atoms with Gasteiger partial charge < -0.3 is 19.9 Å². The lowest BCUT2D eigenvalue weighted by Crippen LogP contribution is -2.50. The number of carbonyl (C=O) groups excluding carboxylic acids is 2. The van der Waals surface area contributed by atoms with Crippen LogP contribution < -0.4 is 10.2 Å². The molecule has 1 unspecified atom stereocenters. The van der Waals surface area contributed by atoms with Crippen molar-refractivity contribution in [3.8, 4) is 0 Å². The maximum atomic E-state index is 13.0. The standard InChI is InChI=1S/C28H34N6O3/c1-28(2,3)37-27(36)34-16-10-8-11-20(34)18-33(4)25-17-24(30-19-31-25)32-22-13-6-5-12-21(22)26(35)23-14-7-9-15-29-23/h5-7,9,12-15,17,19-20H,8,10-11,16,18H2,1-4H3,(H,30,31,32). The highest BCUT2D eigenvalue weighted by Crippen LogP contribution is 2.25. The molecule has 0 radical (unpaired) electrons. The lowest BCUT2D eigenvalue weighted by atomic mass is 10.0. The van der Waals surface area contributed by atoms with E-state index >= 15 is 0 Å². The number of anilines is 3. The van der Waals surface area contributed by atoms with Crippen LogP contribution >= 0.6 is 0 Å². The first-order chi connectivity index (χ1) is 17.7. The summed E-state index contributed by atoms with van der Waals surface area (Å²) < 4.78 is 5.64. The van der Waals surface area contributed by atoms with E-state index in [4.69, 9.17) is 4.74 Å². The predicted octanol–water partition coefficient (Wildman–Crippen LogP) is 5.07. The Kier molecular flexibility index (Phi) is 8.01. The van der Waals surface area contributed by atoms with Crippen LogP contribution in [0.25, 0.3) is 0 Å². The van der Waals surface area contributed by atoms with Crippen LogP contribution in [0.3, 0.4) is 0 Å². The molecule has 1 aliphatic rings. The maximum Gasteiger partial charge on any atom is 0.410 e. The molecule has 1 atom stereocenters. The van der Waals surface area contributed by atoms with Crippen LogP contribution in [0.1, 0.15) is 56.1 Å². The van der Waals surface area contributed by atoms with E-state index in [-0.39, 0.29) is 17.9 Å². The van der Waals surface area contributed by atoms with E-state index in [0.717, 1.165) is 19.3 Å². The molecule has 9 heteroatoms. The Morgan fingerprint density at radius 2 is 1.86 bits per heavy atom. The molecule has 3 aromatic rings. The highest BCUT2D eigenvalue weighted by molar-refractivity contribution is 6.11. The number of hydrogen-bond acceptors (Lipinski definition) is 8. The summed E-state index contributed by atoms with van der Waals surface area (Å²) in [6, 6.07) is 14.4. The van der Waals surface area contributed by atoms with Gasteiger partial charge >= 0.3 is 6.09 Å². The van der Waals surface area contributed by atoms with Gasteiger partial charge in [0.05, 0.1) is 11.7 Å². The lowest BCUT2D eigenvalue weighted by molar-refractivity contribution is 0.0108. The summed E-state index contributed by atoms with van der Waals surface area (Å²) in [7, 11) is 1.95. The van der Waals surface area contributed by atoms with Crippen molar-refractivity contribution in [2.24, 2.45) is 0 Å². The summed E-state index contributed by atoms with van der Waals surface area (Å²) in [5.41, 5.74) is 0.979. The first kappa shape index (κ1) is 26.1. The predicted molar refractivity (Wildman–Crippen MR) is 143 cm³/mol. The molecule has 0 bridgehead atoms. The second-order valence-electron chi connectivity index (χ2n) is 10.2. The number of pyridine rings is 1. The van der Waals surface area contributed by atoms with E-state index in [1.165, 1.54) is 6.33 Å². The average molecular weight is 503 g/mol. The molecule has 3 heterocycles. The maximum absolute atomic E-state index is 13.0. The van der Waals surface area contributed by atoms with E-state index in [1.54, 1.807) is 30.5 Å². The minimum absolute atomic E-state index is 0.0247. The van der Waals surface area contributed by atoms with Crippen LogP contribution in [-0.4, -0.2) is 63.5 Å². The highest BCUT2D eigenvalue weighted by Gasteiger charge is 2.31. The third-order valence-electron chi connectivity index (χ3n) is 6.12. The minimum Gasteiger partial charge on any atom is -0.444 e. The fourth-order valence-corrected chi connectivity index (χ4v) is 4.35. The normalized spacial score (nSPS) is 15.7. The summed E-state index contributed by atoms with van der Waals surface area (Å²) >= 11 is 0. The Hall–Kier alpha value is -4.01. The summed E-state index contributed by atoms with van der Waals surface area (Å²) in [5.74, 6) is 1.10. The van der Waals surface area contributed by atoms with Crippen LogP contribution in [0.5, 0.6) is 0 Å². The van der Waals surface area contributed by atoms with E-state index < -0.39 is 5.60 Å². The molecule has 1 aromatic carbocycles. The second-order valence-corrected chi connectivity index (χ2v) is 10.2. The molecule has 2 aromatic heterocycles. The number of para-hydroxylation sites is 1. The smallest absolute Gasteiger partial charge is 0.410 e. The van der Waals surface area contributed by atoms with Crippen molar-refractivity contribution in [2.45, 2.75) is 51.7 Å². The van der Waals surface area contributed by atoms with Crippen molar-refractivity contribution in [1.82, 2.24) is 19.9 Å². The van der Waals surface area contributed by atoms with E-state index in [2.05, 4.69) is 20.3 Å². The molecule has 0 aliphatic carbocycles. The number of nitrogens with zero attached hydrogens (tertiary/aromatic N) is 5. The lowest BCUT2D eigenvalue weighted by Gasteiger charge is -2.38. The van der Waals surface area contributed by atoms with Gasteiger partial charge in [-0.15, -0.1) is 0 Å². The molecule has 4 rings (SSSR count). The number of hydrogen-bond donors (Lipinski definition) is 1. The van der Waals surface area contributed by atoms with Crippen molar-refractivity contribution < 1.29 is 14.3 Å². The number of benzene rings is 1. The number of likely N-dealkylation sites (tertiary alicyclic amines) is 1. The van der Waals surface area contributed by atoms with Gasteiger partial charge in [0.25, 0.3) is 0 Å². The van der Waals surface area contributed by atoms with Crippen LogP contribution in [-0.2, 0) is 4.74 Å². The van der Waals surface area contributed by atoms with Crippen molar-refractivity contribution in [1.29, 1.82) is 0 Å². The highest BCUT2D eigenvalue weighted by atomic mass is 16.6. The molecular formula is C28H34N6O3. The Morgan fingerprint density at radius 3 is 2.62 bits per heavy atom. The second kappa shape index (κ2) is 11.4. The van der Waals surface area contributed by atoms with Gasteiger partial charge in [0.15, 0.2) is 0 Å². The Labute approximate surface area is 217 Å². The zero-order valence-electron chi connectivity index (χ0n) is 21.8. The molecule has 1 N–H and O–H groups in total. The molecule has 1 saturated heterocycles. The zero-order chi connectivity index (χ0) is 26.4. The van der Waals surface area contributed by atoms with Gasteiger partial charge in [-0.1, -0.05) is 18.2 Å². The van der Waals surface area contributed by atoms with E-state index in [0.29, 0.717) is 41.7 Å². The van der Waals surface area contributed by atoms with Crippen molar-refractivity contribution in [2.75, 3.05) is 30.4 Å². The van der Waals surface area contributed by atoms with Gasteiger partial charge in [0.1, 0.15) is 29.3 Å². The monoisotopic (exact) mass is 502 g/mol. The number of piperidine rings is 1. The van der Waals surface area contributed by atoms with E-state index in [9.17, 15) is 9.59 Å². The molecule has 194 valence electrons. The Balaban J connectivity index is 1.48. The quantitative estimate of drug-likeness (QED) is 0.447. The van der Waals surface area contributed by atoms with Crippen LogP contribution in [0.2, 0.25) is 0 Å². The number of amides is 1. The summed E-state index contributed by atoms with van der Waals surface area (Å²) in [4.78, 5) is 42.7. The Morgan fingerprint density at radius 1 is 1.08 bits per heavy atom. The largest absolute Gasteiger partial charge is 0.444 e. The van der Waals surface area contributed by atoms with E-state index in [1.807, 2.05) is 61.9 Å². The number of rotatable bonds is 7. The zero-order valence-corrected chi connectivity index (χ0v) is 21.8. The third-order valence-corrected chi connectivity index (χ3v) is 6.12. The number of carbonyl (C=O) groups is 2. The molecular weight excluding hydrogens is 468 g/mol. The Bertz CT molecular complexity index is 1230. The number of ketones is 1. The van der Waals surface area contributed by atoms with Gasteiger partial charge in [-0.3, -0.25) is 9.78 Å². The summed E-state index contributed by atoms with van der Waals surface area (Å²) in [6.45, 7) is 6.95. The topological polar surface area (TPSA) is 101 Å². The fraction of sp³-hybridized carbons (Fsp3) is 0.393. The van der Waals surface area contributed by atoms with Crippen LogP contribution in [0.4, 0.5) is 22.1 Å². The number of ether oxygens (including phenoxy) is 1. The molecule has 0 saturated carbocycles. The number of nitrogens with one attached hydrogen (secondary N) is 1. The summed E-state index contributed by atoms with van der Waals surface area (Å²) in [6.07, 6.45) is 5.76. The van der Waals surface area contributed by atoms with Crippen LogP contribution in [0.15, 0.2) is 61.1 Å².